The molecule has 0 bridgehead atoms. The molecule has 1 unspecified atom stereocenters. The summed E-state index contributed by atoms with van der Waals surface area (Å²) in [5.41, 5.74) is 0.633. The average Bonchev–Trinajstić information content (AvgIpc) is 2.65. The smallest absolute Gasteiger partial charge is 0.224 e. The van der Waals surface area contributed by atoms with Crippen LogP contribution in [0.25, 0.3) is 0 Å². The number of benzene rings is 1. The third-order valence-electron chi connectivity index (χ3n) is 3.50. The first-order chi connectivity index (χ1) is 12.6. The second-order valence-corrected chi connectivity index (χ2v) is 5.84. The van der Waals surface area contributed by atoms with E-state index in [2.05, 4.69) is 15.6 Å². The third-order valence-corrected chi connectivity index (χ3v) is 3.50. The number of pyridine rings is 1. The molecule has 7 nitrogen and oxygen atoms in total. The quantitative estimate of drug-likeness (QED) is 0.565. The van der Waals surface area contributed by atoms with Crippen molar-refractivity contribution in [3.05, 3.63) is 42.6 Å². The van der Waals surface area contributed by atoms with Crippen LogP contribution in [0.3, 0.4) is 0 Å². The number of carbonyl (C=O) groups excluding carboxylic acids is 1. The predicted molar refractivity (Wildman–Crippen MR) is 101 cm³/mol. The number of carbonyl (C=O) groups is 1. The lowest BCUT2D eigenvalue weighted by Crippen LogP contribution is -2.16. The SMILES string of the molecule is COc1ccc(OCCCC(=O)Nc2ccc(NCC(C)O)nc2)cc1. The first-order valence-electron chi connectivity index (χ1n) is 8.51. The van der Waals surface area contributed by atoms with Crippen molar-refractivity contribution in [2.75, 3.05) is 30.9 Å². The van der Waals surface area contributed by atoms with Crippen LogP contribution in [0.15, 0.2) is 42.6 Å². The topological polar surface area (TPSA) is 92.7 Å². The summed E-state index contributed by atoms with van der Waals surface area (Å²) in [6.45, 7) is 2.58. The van der Waals surface area contributed by atoms with E-state index >= 15 is 0 Å². The highest BCUT2D eigenvalue weighted by Gasteiger charge is 2.04. The van der Waals surface area contributed by atoms with E-state index in [-0.39, 0.29) is 5.91 Å². The van der Waals surface area contributed by atoms with Gasteiger partial charge in [0.25, 0.3) is 0 Å². The van der Waals surface area contributed by atoms with Crippen LogP contribution in [0.5, 0.6) is 11.5 Å². The highest BCUT2D eigenvalue weighted by atomic mass is 16.5. The molecule has 26 heavy (non-hydrogen) atoms. The van der Waals surface area contributed by atoms with E-state index in [0.717, 1.165) is 11.5 Å². The van der Waals surface area contributed by atoms with Gasteiger partial charge in [0.1, 0.15) is 17.3 Å². The molecule has 0 aliphatic carbocycles. The van der Waals surface area contributed by atoms with Gasteiger partial charge in [-0.15, -0.1) is 0 Å². The molecule has 0 saturated heterocycles. The highest BCUT2D eigenvalue weighted by Crippen LogP contribution is 2.17. The van der Waals surface area contributed by atoms with Crippen LogP contribution in [0.1, 0.15) is 19.8 Å². The lowest BCUT2D eigenvalue weighted by molar-refractivity contribution is -0.116. The van der Waals surface area contributed by atoms with Gasteiger partial charge in [0, 0.05) is 13.0 Å². The van der Waals surface area contributed by atoms with Crippen LogP contribution in [0, 0.1) is 0 Å². The number of amides is 1. The van der Waals surface area contributed by atoms with Crippen molar-refractivity contribution in [2.24, 2.45) is 0 Å². The molecule has 0 aliphatic heterocycles. The summed E-state index contributed by atoms with van der Waals surface area (Å²) >= 11 is 0. The van der Waals surface area contributed by atoms with Gasteiger partial charge in [-0.05, 0) is 49.7 Å². The zero-order chi connectivity index (χ0) is 18.8. The summed E-state index contributed by atoms with van der Waals surface area (Å²) in [7, 11) is 1.61. The zero-order valence-electron chi connectivity index (χ0n) is 15.1. The number of aliphatic hydroxyl groups excluding tert-OH is 1. The van der Waals surface area contributed by atoms with Gasteiger partial charge in [0.15, 0.2) is 0 Å². The Labute approximate surface area is 153 Å². The van der Waals surface area contributed by atoms with Crippen molar-refractivity contribution >= 4 is 17.4 Å². The Morgan fingerprint density at radius 1 is 1.19 bits per heavy atom. The molecule has 0 spiro atoms. The van der Waals surface area contributed by atoms with Gasteiger partial charge >= 0.3 is 0 Å². The van der Waals surface area contributed by atoms with E-state index in [9.17, 15) is 9.90 Å². The molecule has 0 fully saturated rings. The first-order valence-corrected chi connectivity index (χ1v) is 8.51. The molecule has 1 aromatic heterocycles. The molecule has 1 aromatic carbocycles. The number of hydrogen-bond acceptors (Lipinski definition) is 6. The van der Waals surface area contributed by atoms with Gasteiger partial charge in [0.2, 0.25) is 5.91 Å². The van der Waals surface area contributed by atoms with Crippen LogP contribution >= 0.6 is 0 Å². The van der Waals surface area contributed by atoms with Crippen molar-refractivity contribution < 1.29 is 19.4 Å². The number of aliphatic hydroxyl groups is 1. The van der Waals surface area contributed by atoms with E-state index in [4.69, 9.17) is 9.47 Å². The summed E-state index contributed by atoms with van der Waals surface area (Å²) in [6, 6.07) is 10.8. The first kappa shape index (κ1) is 19.5. The molecule has 0 saturated carbocycles. The molecule has 2 aromatic rings. The molecule has 2 rings (SSSR count). The lowest BCUT2D eigenvalue weighted by atomic mass is 10.3. The van der Waals surface area contributed by atoms with E-state index in [1.54, 1.807) is 32.4 Å². The Morgan fingerprint density at radius 3 is 2.54 bits per heavy atom. The minimum absolute atomic E-state index is 0.0881. The molecular weight excluding hydrogens is 334 g/mol. The van der Waals surface area contributed by atoms with E-state index in [0.29, 0.717) is 37.5 Å². The molecule has 1 heterocycles. The molecule has 140 valence electrons. The summed E-state index contributed by atoms with van der Waals surface area (Å²) in [6.07, 6.45) is 2.10. The van der Waals surface area contributed by atoms with Crippen LogP contribution in [0.4, 0.5) is 11.5 Å². The van der Waals surface area contributed by atoms with Crippen molar-refractivity contribution in [2.45, 2.75) is 25.9 Å². The number of anilines is 2. The number of ether oxygens (including phenoxy) is 2. The number of rotatable bonds is 10. The molecular formula is C19H25N3O4. The summed E-state index contributed by atoms with van der Waals surface area (Å²) in [5.74, 6) is 2.08. The van der Waals surface area contributed by atoms with Crippen molar-refractivity contribution in [1.29, 1.82) is 0 Å². The fourth-order valence-electron chi connectivity index (χ4n) is 2.14. The summed E-state index contributed by atoms with van der Waals surface area (Å²) in [4.78, 5) is 16.1. The molecule has 1 atom stereocenters. The Hall–Kier alpha value is -2.80. The van der Waals surface area contributed by atoms with Crippen molar-refractivity contribution in [1.82, 2.24) is 4.98 Å². The maximum absolute atomic E-state index is 11.9. The third kappa shape index (κ3) is 6.98. The van der Waals surface area contributed by atoms with Gasteiger partial charge in [-0.25, -0.2) is 4.98 Å². The minimum atomic E-state index is -0.448. The second-order valence-electron chi connectivity index (χ2n) is 5.84. The Morgan fingerprint density at radius 2 is 1.92 bits per heavy atom. The predicted octanol–water partition coefficient (Wildman–Crippen LogP) is 2.68. The van der Waals surface area contributed by atoms with Gasteiger partial charge in [-0.1, -0.05) is 0 Å². The average molecular weight is 359 g/mol. The van der Waals surface area contributed by atoms with Gasteiger partial charge in [-0.2, -0.15) is 0 Å². The van der Waals surface area contributed by atoms with Crippen LogP contribution in [-0.4, -0.2) is 42.4 Å². The van der Waals surface area contributed by atoms with Crippen LogP contribution in [0.2, 0.25) is 0 Å². The second kappa shape index (κ2) is 10.2. The molecule has 1 amide bonds. The van der Waals surface area contributed by atoms with Gasteiger partial charge in [-0.3, -0.25) is 4.79 Å². The number of aromatic nitrogens is 1. The number of methoxy groups -OCH3 is 1. The van der Waals surface area contributed by atoms with E-state index in [1.807, 2.05) is 24.3 Å². The van der Waals surface area contributed by atoms with Crippen LogP contribution in [-0.2, 0) is 4.79 Å². The standard InChI is InChI=1S/C19H25N3O4/c1-14(23)12-20-18-10-5-15(13-21-18)22-19(24)4-3-11-26-17-8-6-16(25-2)7-9-17/h5-10,13-14,23H,3-4,11-12H2,1-2H3,(H,20,21)(H,22,24). The number of nitrogens with zero attached hydrogens (tertiary/aromatic N) is 1. The minimum Gasteiger partial charge on any atom is -0.497 e. The monoisotopic (exact) mass is 359 g/mol. The highest BCUT2D eigenvalue weighted by molar-refractivity contribution is 5.90. The number of hydrogen-bond donors (Lipinski definition) is 3. The molecule has 7 heteroatoms. The number of nitrogens with one attached hydrogen (secondary N) is 2. The van der Waals surface area contributed by atoms with Crippen molar-refractivity contribution in [3.63, 3.8) is 0 Å². The van der Waals surface area contributed by atoms with E-state index < -0.39 is 6.10 Å². The Bertz CT molecular complexity index is 672. The fraction of sp³-hybridized carbons (Fsp3) is 0.368. The van der Waals surface area contributed by atoms with Crippen LogP contribution < -0.4 is 20.1 Å². The molecule has 0 radical (unpaired) electrons. The normalized spacial score (nSPS) is 11.5. The van der Waals surface area contributed by atoms with Gasteiger partial charge < -0.3 is 25.2 Å². The lowest BCUT2D eigenvalue weighted by Gasteiger charge is -2.09. The fourth-order valence-corrected chi connectivity index (χ4v) is 2.14. The maximum atomic E-state index is 11.9. The van der Waals surface area contributed by atoms with Gasteiger partial charge in [0.05, 0.1) is 31.7 Å². The Kier molecular flexibility index (Phi) is 7.70. The largest absolute Gasteiger partial charge is 0.497 e. The zero-order valence-corrected chi connectivity index (χ0v) is 15.1. The molecule has 3 N–H and O–H groups in total. The molecule has 0 aliphatic rings. The summed E-state index contributed by atoms with van der Waals surface area (Å²) < 4.78 is 10.7. The maximum Gasteiger partial charge on any atom is 0.224 e. The summed E-state index contributed by atoms with van der Waals surface area (Å²) in [5, 5.41) is 15.0. The Balaban J connectivity index is 1.66. The van der Waals surface area contributed by atoms with E-state index in [1.165, 1.54) is 0 Å². The van der Waals surface area contributed by atoms with Crippen molar-refractivity contribution in [3.8, 4) is 11.5 Å².